The molecule has 2 N–H and O–H groups in total. The van der Waals surface area contributed by atoms with Crippen LogP contribution in [0, 0.1) is 0 Å². The summed E-state index contributed by atoms with van der Waals surface area (Å²) < 4.78 is 5.69. The van der Waals surface area contributed by atoms with Gasteiger partial charge in [0, 0.05) is 29.2 Å². The highest BCUT2D eigenvalue weighted by Gasteiger charge is 2.31. The molecule has 0 aromatic heterocycles. The zero-order valence-corrected chi connectivity index (χ0v) is 14.7. The van der Waals surface area contributed by atoms with Crippen molar-refractivity contribution in [3.63, 3.8) is 0 Å². The van der Waals surface area contributed by atoms with Crippen molar-refractivity contribution in [3.8, 4) is 5.75 Å². The number of ether oxygens (including phenoxy) is 1. The first-order chi connectivity index (χ1) is 10.6. The van der Waals surface area contributed by atoms with Crippen LogP contribution in [0.4, 0.5) is 0 Å². The summed E-state index contributed by atoms with van der Waals surface area (Å²) in [5.41, 5.74) is 7.59. The van der Waals surface area contributed by atoms with E-state index in [0.717, 1.165) is 37.1 Å². The van der Waals surface area contributed by atoms with Crippen LogP contribution in [0.15, 0.2) is 23.8 Å². The van der Waals surface area contributed by atoms with Gasteiger partial charge in [0.1, 0.15) is 12.4 Å². The van der Waals surface area contributed by atoms with Gasteiger partial charge in [0.15, 0.2) is 0 Å². The molecular weight excluding hydrogens is 335 g/mol. The number of halogens is 2. The number of likely N-dealkylation sites (tertiary alicyclic amines) is 1. The Kier molecular flexibility index (Phi) is 5.95. The molecule has 0 radical (unpaired) electrons. The van der Waals surface area contributed by atoms with Crippen molar-refractivity contribution in [3.05, 3.63) is 34.4 Å². The summed E-state index contributed by atoms with van der Waals surface area (Å²) in [6, 6.07) is 5.54. The van der Waals surface area contributed by atoms with Gasteiger partial charge < -0.3 is 15.4 Å². The summed E-state index contributed by atoms with van der Waals surface area (Å²) in [6.07, 6.45) is 5.02. The third-order valence-corrected chi connectivity index (χ3v) is 4.61. The first kappa shape index (κ1) is 18.1. The first-order valence-electron chi connectivity index (χ1n) is 7.76. The molecule has 0 spiro atoms. The molecule has 0 bridgehead atoms. The Hall–Kier alpha value is -1.23. The molecule has 2 aliphatic rings. The summed E-state index contributed by atoms with van der Waals surface area (Å²) >= 11 is 6.02. The van der Waals surface area contributed by atoms with E-state index in [1.165, 1.54) is 0 Å². The second-order valence-electron chi connectivity index (χ2n) is 6.06. The fourth-order valence-electron chi connectivity index (χ4n) is 3.21. The van der Waals surface area contributed by atoms with Crippen LogP contribution in [0.3, 0.4) is 0 Å². The number of hydrogen-bond donors (Lipinski definition) is 1. The average Bonchev–Trinajstić information content (AvgIpc) is 2.53. The summed E-state index contributed by atoms with van der Waals surface area (Å²) in [6.45, 7) is 3.04. The fourth-order valence-corrected chi connectivity index (χ4v) is 3.39. The van der Waals surface area contributed by atoms with Crippen LogP contribution in [0.2, 0.25) is 5.02 Å². The van der Waals surface area contributed by atoms with Gasteiger partial charge in [0.25, 0.3) is 5.91 Å². The number of piperidine rings is 1. The van der Waals surface area contributed by atoms with Gasteiger partial charge in [-0.15, -0.1) is 12.4 Å². The molecule has 4 nitrogen and oxygen atoms in total. The van der Waals surface area contributed by atoms with Crippen LogP contribution in [-0.2, 0) is 4.79 Å². The molecule has 126 valence electrons. The topological polar surface area (TPSA) is 55.6 Å². The van der Waals surface area contributed by atoms with Crippen LogP contribution in [-0.4, -0.2) is 36.0 Å². The Bertz CT molecular complexity index is 617. The number of hydrogen-bond acceptors (Lipinski definition) is 3. The quantitative estimate of drug-likeness (QED) is 0.884. The molecule has 2 unspecified atom stereocenters. The van der Waals surface area contributed by atoms with E-state index in [1.54, 1.807) is 6.07 Å². The molecule has 23 heavy (non-hydrogen) atoms. The number of carbonyl (C=O) groups excluding carboxylic acids is 1. The second kappa shape index (κ2) is 7.56. The summed E-state index contributed by atoms with van der Waals surface area (Å²) in [5.74, 6) is 0.802. The molecule has 1 aromatic rings. The summed E-state index contributed by atoms with van der Waals surface area (Å²) in [5, 5.41) is 0.638. The lowest BCUT2D eigenvalue weighted by Gasteiger charge is -2.38. The van der Waals surface area contributed by atoms with E-state index >= 15 is 0 Å². The Morgan fingerprint density at radius 2 is 2.22 bits per heavy atom. The van der Waals surface area contributed by atoms with Crippen LogP contribution in [0.25, 0.3) is 6.08 Å². The van der Waals surface area contributed by atoms with E-state index in [4.69, 9.17) is 22.1 Å². The minimum Gasteiger partial charge on any atom is -0.488 e. The number of amides is 1. The molecule has 2 aliphatic heterocycles. The molecule has 2 atom stereocenters. The average molecular weight is 357 g/mol. The molecule has 6 heteroatoms. The highest BCUT2D eigenvalue weighted by atomic mass is 35.5. The molecule has 1 amide bonds. The summed E-state index contributed by atoms with van der Waals surface area (Å²) in [4.78, 5) is 14.8. The number of carbonyl (C=O) groups is 1. The van der Waals surface area contributed by atoms with Crippen molar-refractivity contribution < 1.29 is 9.53 Å². The predicted octanol–water partition coefficient (Wildman–Crippen LogP) is 3.27. The van der Waals surface area contributed by atoms with Gasteiger partial charge in [-0.05, 0) is 50.5 Å². The molecule has 1 saturated heterocycles. The van der Waals surface area contributed by atoms with E-state index in [2.05, 4.69) is 0 Å². The second-order valence-corrected chi connectivity index (χ2v) is 6.50. The lowest BCUT2D eigenvalue weighted by Crippen LogP contribution is -2.52. The van der Waals surface area contributed by atoms with Gasteiger partial charge in [-0.2, -0.15) is 0 Å². The van der Waals surface area contributed by atoms with Crippen molar-refractivity contribution in [2.45, 2.75) is 38.3 Å². The molecule has 1 aromatic carbocycles. The van der Waals surface area contributed by atoms with Crippen LogP contribution >= 0.6 is 24.0 Å². The van der Waals surface area contributed by atoms with Gasteiger partial charge in [0.2, 0.25) is 0 Å². The molecule has 2 heterocycles. The Morgan fingerprint density at radius 1 is 1.43 bits per heavy atom. The molecule has 0 saturated carbocycles. The van der Waals surface area contributed by atoms with E-state index < -0.39 is 0 Å². The largest absolute Gasteiger partial charge is 0.488 e. The maximum Gasteiger partial charge on any atom is 0.253 e. The number of nitrogens with two attached hydrogens (primary N) is 1. The zero-order valence-electron chi connectivity index (χ0n) is 13.1. The van der Waals surface area contributed by atoms with Crippen molar-refractivity contribution in [2.24, 2.45) is 5.73 Å². The fraction of sp³-hybridized carbons (Fsp3) is 0.471. The van der Waals surface area contributed by atoms with Crippen molar-refractivity contribution in [2.75, 3.05) is 13.2 Å². The highest BCUT2D eigenvalue weighted by Crippen LogP contribution is 2.30. The zero-order chi connectivity index (χ0) is 15.7. The lowest BCUT2D eigenvalue weighted by molar-refractivity contribution is -0.131. The van der Waals surface area contributed by atoms with Gasteiger partial charge in [-0.1, -0.05) is 11.6 Å². The number of nitrogens with zero attached hydrogens (tertiary/aromatic N) is 1. The standard InChI is InChI=1S/C17H21ClN2O2.ClH/c1-11(19)15-4-2-3-7-20(15)17(21)13-8-12-9-14(18)5-6-16(12)22-10-13;/h5-6,8-9,11,15H,2-4,7,10,19H2,1H3;1H. The smallest absolute Gasteiger partial charge is 0.253 e. The Balaban J connectivity index is 0.00000192. The van der Waals surface area contributed by atoms with Gasteiger partial charge in [0.05, 0.1) is 5.57 Å². The third-order valence-electron chi connectivity index (χ3n) is 4.38. The van der Waals surface area contributed by atoms with Gasteiger partial charge in [-0.3, -0.25) is 4.79 Å². The Labute approximate surface area is 148 Å². The first-order valence-corrected chi connectivity index (χ1v) is 8.13. The minimum atomic E-state index is -0.0175. The Morgan fingerprint density at radius 3 is 2.96 bits per heavy atom. The van der Waals surface area contributed by atoms with Crippen LogP contribution in [0.1, 0.15) is 31.7 Å². The normalized spacial score (nSPS) is 21.4. The predicted molar refractivity (Wildman–Crippen MR) is 95.2 cm³/mol. The molecule has 3 rings (SSSR count). The van der Waals surface area contributed by atoms with E-state index in [9.17, 15) is 4.79 Å². The van der Waals surface area contributed by atoms with E-state index in [0.29, 0.717) is 17.2 Å². The number of rotatable bonds is 2. The van der Waals surface area contributed by atoms with Crippen LogP contribution < -0.4 is 10.5 Å². The molecule has 1 fully saturated rings. The molecular formula is C17H22Cl2N2O2. The van der Waals surface area contributed by atoms with Crippen molar-refractivity contribution in [1.29, 1.82) is 0 Å². The monoisotopic (exact) mass is 356 g/mol. The lowest BCUT2D eigenvalue weighted by atomic mass is 9.95. The third kappa shape index (κ3) is 3.82. The minimum absolute atomic E-state index is 0. The number of benzene rings is 1. The number of fused-ring (bicyclic) bond motifs is 1. The SMILES string of the molecule is CC(N)C1CCCCN1C(=O)C1=Cc2cc(Cl)ccc2OC1.Cl. The maximum absolute atomic E-state index is 12.9. The highest BCUT2D eigenvalue weighted by molar-refractivity contribution is 6.30. The van der Waals surface area contributed by atoms with Crippen molar-refractivity contribution in [1.82, 2.24) is 4.90 Å². The van der Waals surface area contributed by atoms with Crippen LogP contribution in [0.5, 0.6) is 5.75 Å². The molecule has 0 aliphatic carbocycles. The van der Waals surface area contributed by atoms with Gasteiger partial charge >= 0.3 is 0 Å². The maximum atomic E-state index is 12.9. The van der Waals surface area contributed by atoms with E-state index in [-0.39, 0.29) is 30.4 Å². The van der Waals surface area contributed by atoms with Crippen molar-refractivity contribution >= 4 is 36.0 Å². The van der Waals surface area contributed by atoms with Gasteiger partial charge in [-0.25, -0.2) is 0 Å². The summed E-state index contributed by atoms with van der Waals surface area (Å²) in [7, 11) is 0. The van der Waals surface area contributed by atoms with E-state index in [1.807, 2.05) is 30.0 Å².